The van der Waals surface area contributed by atoms with Gasteiger partial charge in [0, 0.05) is 12.0 Å². The Balaban J connectivity index is 2.32. The summed E-state index contributed by atoms with van der Waals surface area (Å²) in [4.78, 5) is 0. The molecule has 0 aromatic heterocycles. The monoisotopic (exact) mass is 258 g/mol. The molecular formula is C12H15FO5. The van der Waals surface area contributed by atoms with Gasteiger partial charge < -0.3 is 25.2 Å². The van der Waals surface area contributed by atoms with Crippen LogP contribution >= 0.6 is 0 Å². The minimum absolute atomic E-state index is 0.0419. The minimum Gasteiger partial charge on any atom is -0.508 e. The van der Waals surface area contributed by atoms with Crippen LogP contribution in [0.4, 0.5) is 4.39 Å². The second kappa shape index (κ2) is 5.19. The predicted molar refractivity (Wildman–Crippen MR) is 59.4 cm³/mol. The molecule has 4 N–H and O–H groups in total. The minimum atomic E-state index is -1.30. The number of benzene rings is 1. The van der Waals surface area contributed by atoms with Crippen LogP contribution in [0, 0.1) is 5.82 Å². The van der Waals surface area contributed by atoms with E-state index >= 15 is 0 Å². The maximum absolute atomic E-state index is 13.6. The van der Waals surface area contributed by atoms with E-state index in [2.05, 4.69) is 0 Å². The molecule has 0 radical (unpaired) electrons. The lowest BCUT2D eigenvalue weighted by Crippen LogP contribution is -2.44. The van der Waals surface area contributed by atoms with Crippen LogP contribution in [0.5, 0.6) is 5.75 Å². The quantitative estimate of drug-likeness (QED) is 0.603. The highest BCUT2D eigenvalue weighted by molar-refractivity contribution is 5.31. The summed E-state index contributed by atoms with van der Waals surface area (Å²) < 4.78 is 19.0. The van der Waals surface area contributed by atoms with Crippen LogP contribution in [0.3, 0.4) is 0 Å². The van der Waals surface area contributed by atoms with Gasteiger partial charge in [0.15, 0.2) is 0 Å². The maximum Gasteiger partial charge on any atom is 0.129 e. The Bertz CT molecular complexity index is 425. The SMILES string of the molecule is OCC1CC(O)C(O)[C@@H](c2cc(O)ccc2F)O1. The first-order valence-corrected chi connectivity index (χ1v) is 5.63. The van der Waals surface area contributed by atoms with Crippen molar-refractivity contribution in [1.82, 2.24) is 0 Å². The van der Waals surface area contributed by atoms with Crippen molar-refractivity contribution in [2.75, 3.05) is 6.61 Å². The molecule has 1 aliphatic heterocycles. The second-order valence-corrected chi connectivity index (χ2v) is 4.36. The predicted octanol–water partition coefficient (Wildman–Crippen LogP) is 0.0754. The van der Waals surface area contributed by atoms with E-state index in [0.29, 0.717) is 0 Å². The Morgan fingerprint density at radius 1 is 1.33 bits per heavy atom. The molecule has 6 heteroatoms. The number of halogens is 1. The molecule has 5 nitrogen and oxygen atoms in total. The van der Waals surface area contributed by atoms with Crippen molar-refractivity contribution < 1.29 is 29.6 Å². The highest BCUT2D eigenvalue weighted by Crippen LogP contribution is 2.34. The molecule has 1 aromatic rings. The number of hydrogen-bond acceptors (Lipinski definition) is 5. The molecule has 1 saturated heterocycles. The molecule has 0 spiro atoms. The lowest BCUT2D eigenvalue weighted by atomic mass is 9.93. The molecule has 3 unspecified atom stereocenters. The Labute approximate surface area is 103 Å². The number of hydrogen-bond donors (Lipinski definition) is 4. The van der Waals surface area contributed by atoms with Crippen LogP contribution in [-0.4, -0.2) is 45.3 Å². The van der Waals surface area contributed by atoms with Gasteiger partial charge in [-0.1, -0.05) is 0 Å². The molecule has 0 bridgehead atoms. The van der Waals surface area contributed by atoms with E-state index in [0.717, 1.165) is 12.1 Å². The standard InChI is InChI=1S/C12H15FO5/c13-9-2-1-6(15)3-8(9)12-11(17)10(16)4-7(5-14)18-12/h1-3,7,10-12,14-17H,4-5H2/t7?,10?,11?,12-/m1/s1. The molecular weight excluding hydrogens is 243 g/mol. The van der Waals surface area contributed by atoms with Crippen molar-refractivity contribution in [3.63, 3.8) is 0 Å². The normalized spacial score (nSPS) is 32.4. The first-order valence-electron chi connectivity index (χ1n) is 5.63. The molecule has 0 amide bonds. The summed E-state index contributed by atoms with van der Waals surface area (Å²) in [7, 11) is 0. The zero-order valence-corrected chi connectivity index (χ0v) is 9.53. The van der Waals surface area contributed by atoms with E-state index in [1.807, 2.05) is 0 Å². The highest BCUT2D eigenvalue weighted by atomic mass is 19.1. The molecule has 100 valence electrons. The van der Waals surface area contributed by atoms with Crippen molar-refractivity contribution in [3.05, 3.63) is 29.6 Å². The number of aromatic hydroxyl groups is 1. The van der Waals surface area contributed by atoms with Gasteiger partial charge in [-0.2, -0.15) is 0 Å². The highest BCUT2D eigenvalue weighted by Gasteiger charge is 2.38. The maximum atomic E-state index is 13.6. The van der Waals surface area contributed by atoms with E-state index in [4.69, 9.17) is 9.84 Å². The van der Waals surface area contributed by atoms with Crippen LogP contribution in [0.15, 0.2) is 18.2 Å². The Morgan fingerprint density at radius 3 is 2.72 bits per heavy atom. The van der Waals surface area contributed by atoms with E-state index < -0.39 is 30.2 Å². The Kier molecular flexibility index (Phi) is 3.82. The molecule has 1 aliphatic rings. The number of rotatable bonds is 2. The van der Waals surface area contributed by atoms with Crippen molar-refractivity contribution >= 4 is 0 Å². The number of aliphatic hydroxyl groups excluding tert-OH is 3. The molecule has 1 aromatic carbocycles. The molecule has 0 aliphatic carbocycles. The Morgan fingerprint density at radius 2 is 2.06 bits per heavy atom. The lowest BCUT2D eigenvalue weighted by Gasteiger charge is -2.36. The van der Waals surface area contributed by atoms with E-state index in [-0.39, 0.29) is 24.3 Å². The summed E-state index contributed by atoms with van der Waals surface area (Å²) in [5.74, 6) is -0.814. The van der Waals surface area contributed by atoms with Crippen LogP contribution in [0.2, 0.25) is 0 Å². The first-order chi connectivity index (χ1) is 8.52. The third-order valence-electron chi connectivity index (χ3n) is 3.04. The van der Waals surface area contributed by atoms with Gasteiger partial charge in [0.05, 0.1) is 18.8 Å². The fourth-order valence-electron chi connectivity index (χ4n) is 2.08. The van der Waals surface area contributed by atoms with E-state index in [1.165, 1.54) is 6.07 Å². The smallest absolute Gasteiger partial charge is 0.129 e. The van der Waals surface area contributed by atoms with Gasteiger partial charge in [-0.25, -0.2) is 4.39 Å². The van der Waals surface area contributed by atoms with Gasteiger partial charge in [0.25, 0.3) is 0 Å². The van der Waals surface area contributed by atoms with Crippen molar-refractivity contribution in [2.24, 2.45) is 0 Å². The van der Waals surface area contributed by atoms with Crippen LogP contribution in [0.1, 0.15) is 18.1 Å². The topological polar surface area (TPSA) is 90.2 Å². The van der Waals surface area contributed by atoms with Crippen LogP contribution < -0.4 is 0 Å². The zero-order chi connectivity index (χ0) is 13.3. The molecule has 1 fully saturated rings. The zero-order valence-electron chi connectivity index (χ0n) is 9.53. The van der Waals surface area contributed by atoms with Crippen LogP contribution in [-0.2, 0) is 4.74 Å². The summed E-state index contributed by atoms with van der Waals surface area (Å²) >= 11 is 0. The van der Waals surface area contributed by atoms with Crippen molar-refractivity contribution in [1.29, 1.82) is 0 Å². The number of phenolic OH excluding ortho intramolecular Hbond substituents is 1. The van der Waals surface area contributed by atoms with Crippen molar-refractivity contribution in [2.45, 2.75) is 30.8 Å². The summed E-state index contributed by atoms with van der Waals surface area (Å²) in [6, 6.07) is 3.36. The number of ether oxygens (including phenoxy) is 1. The summed E-state index contributed by atoms with van der Waals surface area (Å²) in [6.07, 6.45) is -4.12. The molecule has 0 saturated carbocycles. The largest absolute Gasteiger partial charge is 0.508 e. The van der Waals surface area contributed by atoms with Gasteiger partial charge in [0.1, 0.15) is 23.8 Å². The third-order valence-corrected chi connectivity index (χ3v) is 3.04. The van der Waals surface area contributed by atoms with Gasteiger partial charge >= 0.3 is 0 Å². The summed E-state index contributed by atoms with van der Waals surface area (Å²) in [5.41, 5.74) is -0.0419. The summed E-state index contributed by atoms with van der Waals surface area (Å²) in [5, 5.41) is 37.8. The first kappa shape index (κ1) is 13.2. The molecule has 1 heterocycles. The van der Waals surface area contributed by atoms with Gasteiger partial charge in [-0.3, -0.25) is 0 Å². The van der Waals surface area contributed by atoms with Crippen LogP contribution in [0.25, 0.3) is 0 Å². The van der Waals surface area contributed by atoms with Crippen molar-refractivity contribution in [3.8, 4) is 5.75 Å². The molecule has 4 atom stereocenters. The average molecular weight is 258 g/mol. The lowest BCUT2D eigenvalue weighted by molar-refractivity contribution is -0.180. The average Bonchev–Trinajstić information content (AvgIpc) is 2.35. The number of aliphatic hydroxyl groups is 3. The molecule has 2 rings (SSSR count). The number of phenols is 1. The summed E-state index contributed by atoms with van der Waals surface area (Å²) in [6.45, 7) is -0.333. The molecule has 18 heavy (non-hydrogen) atoms. The third kappa shape index (κ3) is 2.46. The fraction of sp³-hybridized carbons (Fsp3) is 0.500. The van der Waals surface area contributed by atoms with Gasteiger partial charge in [-0.05, 0) is 18.2 Å². The van der Waals surface area contributed by atoms with Gasteiger partial charge in [-0.15, -0.1) is 0 Å². The Hall–Kier alpha value is -1.21. The van der Waals surface area contributed by atoms with E-state index in [9.17, 15) is 19.7 Å². The second-order valence-electron chi connectivity index (χ2n) is 4.36. The van der Waals surface area contributed by atoms with E-state index in [1.54, 1.807) is 0 Å². The fourth-order valence-corrected chi connectivity index (χ4v) is 2.08. The van der Waals surface area contributed by atoms with Gasteiger partial charge in [0.2, 0.25) is 0 Å².